The standard InChI is InChI=1S/C54H88O6/c1-4-7-10-13-16-19-21-23-25-26-27-29-30-32-35-38-41-44-47-53(56)59-50-51(49-58-52(55)46-43-40-37-34-18-15-12-9-6-3)60-54(57)48-45-42-39-36-33-31-28-24-22-20-17-14-11-8-5-2/h9,12,16-27,29,34,51H,4-8,10-11,13-15,28,30-33,35-50H2,1-3H3/b12-9-,19-16-,20-17-,23-21-,24-22-,26-25-,29-27-,34-18-. The first-order valence-electron chi connectivity index (χ1n) is 24.3. The summed E-state index contributed by atoms with van der Waals surface area (Å²) in [5.41, 5.74) is 0. The molecule has 0 heterocycles. The molecule has 60 heavy (non-hydrogen) atoms. The summed E-state index contributed by atoms with van der Waals surface area (Å²) in [7, 11) is 0. The highest BCUT2D eigenvalue weighted by atomic mass is 16.6. The van der Waals surface area contributed by atoms with Crippen LogP contribution < -0.4 is 0 Å². The van der Waals surface area contributed by atoms with Crippen LogP contribution in [0.2, 0.25) is 0 Å². The number of hydrogen-bond acceptors (Lipinski definition) is 6. The Balaban J connectivity index is 4.45. The van der Waals surface area contributed by atoms with Gasteiger partial charge in [-0.25, -0.2) is 0 Å². The van der Waals surface area contributed by atoms with Crippen molar-refractivity contribution in [2.75, 3.05) is 13.2 Å². The van der Waals surface area contributed by atoms with Gasteiger partial charge in [0.25, 0.3) is 0 Å². The Labute approximate surface area is 368 Å². The van der Waals surface area contributed by atoms with Gasteiger partial charge < -0.3 is 14.2 Å². The minimum Gasteiger partial charge on any atom is -0.462 e. The maximum Gasteiger partial charge on any atom is 0.306 e. The highest BCUT2D eigenvalue weighted by Crippen LogP contribution is 2.13. The predicted molar refractivity (Wildman–Crippen MR) is 256 cm³/mol. The number of esters is 3. The Bertz CT molecular complexity index is 1230. The van der Waals surface area contributed by atoms with Crippen LogP contribution in [0, 0.1) is 0 Å². The van der Waals surface area contributed by atoms with Crippen LogP contribution in [0.25, 0.3) is 0 Å². The first-order valence-corrected chi connectivity index (χ1v) is 24.3. The van der Waals surface area contributed by atoms with Crippen LogP contribution in [-0.4, -0.2) is 37.2 Å². The van der Waals surface area contributed by atoms with Crippen LogP contribution >= 0.6 is 0 Å². The molecule has 6 nitrogen and oxygen atoms in total. The molecular weight excluding hydrogens is 745 g/mol. The Hall–Kier alpha value is -3.67. The fourth-order valence-electron chi connectivity index (χ4n) is 6.24. The zero-order valence-electron chi connectivity index (χ0n) is 38.7. The molecule has 0 aliphatic carbocycles. The first kappa shape index (κ1) is 56.3. The molecule has 6 heteroatoms. The topological polar surface area (TPSA) is 78.9 Å². The Morgan fingerprint density at radius 2 is 0.717 bits per heavy atom. The van der Waals surface area contributed by atoms with Crippen molar-refractivity contribution >= 4 is 17.9 Å². The van der Waals surface area contributed by atoms with Gasteiger partial charge >= 0.3 is 17.9 Å². The largest absolute Gasteiger partial charge is 0.462 e. The lowest BCUT2D eigenvalue weighted by molar-refractivity contribution is -0.167. The summed E-state index contributed by atoms with van der Waals surface area (Å²) in [6.07, 6.45) is 62.5. The van der Waals surface area contributed by atoms with Crippen LogP contribution in [0.1, 0.15) is 207 Å². The number of rotatable bonds is 42. The van der Waals surface area contributed by atoms with Gasteiger partial charge in [0.1, 0.15) is 13.2 Å². The lowest BCUT2D eigenvalue weighted by Gasteiger charge is -2.18. The molecule has 0 bridgehead atoms. The molecule has 340 valence electrons. The van der Waals surface area contributed by atoms with Gasteiger partial charge in [0.05, 0.1) is 0 Å². The molecule has 0 amide bonds. The monoisotopic (exact) mass is 833 g/mol. The molecule has 0 aromatic carbocycles. The van der Waals surface area contributed by atoms with E-state index in [1.54, 1.807) is 0 Å². The van der Waals surface area contributed by atoms with Crippen LogP contribution in [0.4, 0.5) is 0 Å². The molecule has 0 aromatic rings. The average molecular weight is 833 g/mol. The Morgan fingerprint density at radius 1 is 0.367 bits per heavy atom. The molecule has 0 radical (unpaired) electrons. The molecule has 0 aromatic heterocycles. The SMILES string of the molecule is CC/C=C\C/C=C\CCCCC(=O)OCC(COC(=O)CCCCCCC\C=C/C=C\C=C/C=C\CCCCC)OC(=O)CCCCCCCC/C=C\C=C/CCCCC. The lowest BCUT2D eigenvalue weighted by atomic mass is 10.1. The van der Waals surface area contributed by atoms with Crippen molar-refractivity contribution in [2.24, 2.45) is 0 Å². The minimum atomic E-state index is -0.806. The van der Waals surface area contributed by atoms with Gasteiger partial charge in [0.2, 0.25) is 0 Å². The van der Waals surface area contributed by atoms with Crippen molar-refractivity contribution in [1.82, 2.24) is 0 Å². The smallest absolute Gasteiger partial charge is 0.306 e. The van der Waals surface area contributed by atoms with E-state index in [-0.39, 0.29) is 31.1 Å². The van der Waals surface area contributed by atoms with Gasteiger partial charge in [-0.15, -0.1) is 0 Å². The fraction of sp³-hybridized carbons (Fsp3) is 0.648. The van der Waals surface area contributed by atoms with E-state index >= 15 is 0 Å². The second-order valence-electron chi connectivity index (χ2n) is 15.8. The van der Waals surface area contributed by atoms with E-state index in [1.807, 2.05) is 0 Å². The van der Waals surface area contributed by atoms with Crippen molar-refractivity contribution in [3.8, 4) is 0 Å². The van der Waals surface area contributed by atoms with E-state index < -0.39 is 6.10 Å². The van der Waals surface area contributed by atoms with Crippen LogP contribution in [-0.2, 0) is 28.6 Å². The number of hydrogen-bond donors (Lipinski definition) is 0. The third-order valence-electron chi connectivity index (χ3n) is 9.91. The summed E-state index contributed by atoms with van der Waals surface area (Å²) in [5.74, 6) is -0.984. The van der Waals surface area contributed by atoms with Crippen LogP contribution in [0.5, 0.6) is 0 Å². The highest BCUT2D eigenvalue weighted by molar-refractivity contribution is 5.71. The molecule has 0 fully saturated rings. The van der Waals surface area contributed by atoms with Crippen molar-refractivity contribution in [2.45, 2.75) is 213 Å². The van der Waals surface area contributed by atoms with Gasteiger partial charge in [-0.05, 0) is 96.3 Å². The molecule has 0 aliphatic heterocycles. The second-order valence-corrected chi connectivity index (χ2v) is 15.8. The van der Waals surface area contributed by atoms with Crippen molar-refractivity contribution in [1.29, 1.82) is 0 Å². The summed E-state index contributed by atoms with van der Waals surface area (Å²) in [5, 5.41) is 0. The zero-order valence-corrected chi connectivity index (χ0v) is 38.7. The summed E-state index contributed by atoms with van der Waals surface area (Å²) >= 11 is 0. The summed E-state index contributed by atoms with van der Waals surface area (Å²) in [6, 6.07) is 0. The maximum atomic E-state index is 12.7. The van der Waals surface area contributed by atoms with Gasteiger partial charge in [-0.1, -0.05) is 189 Å². The second kappa shape index (κ2) is 48.0. The molecule has 0 saturated heterocycles. The van der Waals surface area contributed by atoms with Crippen LogP contribution in [0.3, 0.4) is 0 Å². The van der Waals surface area contributed by atoms with E-state index in [2.05, 4.69) is 118 Å². The Morgan fingerprint density at radius 3 is 1.20 bits per heavy atom. The third kappa shape index (κ3) is 45.4. The molecule has 1 unspecified atom stereocenters. The van der Waals surface area contributed by atoms with Gasteiger partial charge in [-0.3, -0.25) is 14.4 Å². The first-order chi connectivity index (χ1) is 29.5. The fourth-order valence-corrected chi connectivity index (χ4v) is 6.24. The molecule has 1 atom stereocenters. The summed E-state index contributed by atoms with van der Waals surface area (Å²) in [6.45, 7) is 6.36. The zero-order chi connectivity index (χ0) is 43.7. The van der Waals surface area contributed by atoms with E-state index in [0.29, 0.717) is 19.3 Å². The lowest BCUT2D eigenvalue weighted by Crippen LogP contribution is -2.30. The quantitative estimate of drug-likeness (QED) is 0.0200. The van der Waals surface area contributed by atoms with E-state index in [4.69, 9.17) is 14.2 Å². The van der Waals surface area contributed by atoms with Crippen molar-refractivity contribution < 1.29 is 28.6 Å². The number of carbonyl (C=O) groups excluding carboxylic acids is 3. The van der Waals surface area contributed by atoms with Gasteiger partial charge in [0.15, 0.2) is 6.10 Å². The van der Waals surface area contributed by atoms with E-state index in [9.17, 15) is 14.4 Å². The van der Waals surface area contributed by atoms with Gasteiger partial charge in [0, 0.05) is 19.3 Å². The number of unbranched alkanes of at least 4 members (excludes halogenated alkanes) is 19. The third-order valence-corrected chi connectivity index (χ3v) is 9.91. The average Bonchev–Trinajstić information content (AvgIpc) is 3.24. The Kier molecular flexibility index (Phi) is 45.1. The molecule has 0 saturated carbocycles. The van der Waals surface area contributed by atoms with E-state index in [0.717, 1.165) is 109 Å². The molecule has 0 spiro atoms. The predicted octanol–water partition coefficient (Wildman–Crippen LogP) is 15.8. The molecular formula is C54H88O6. The highest BCUT2D eigenvalue weighted by Gasteiger charge is 2.19. The normalized spacial score (nSPS) is 12.9. The molecule has 0 rings (SSSR count). The van der Waals surface area contributed by atoms with Gasteiger partial charge in [-0.2, -0.15) is 0 Å². The van der Waals surface area contributed by atoms with Crippen LogP contribution in [0.15, 0.2) is 97.2 Å². The minimum absolute atomic E-state index is 0.107. The summed E-state index contributed by atoms with van der Waals surface area (Å²) < 4.78 is 16.7. The number of allylic oxidation sites excluding steroid dienone is 16. The molecule has 0 N–H and O–H groups in total. The van der Waals surface area contributed by atoms with Crippen molar-refractivity contribution in [3.05, 3.63) is 97.2 Å². The number of carbonyl (C=O) groups is 3. The molecule has 0 aliphatic rings. The number of ether oxygens (including phenoxy) is 3. The maximum absolute atomic E-state index is 12.7. The van der Waals surface area contributed by atoms with Crippen molar-refractivity contribution in [3.63, 3.8) is 0 Å². The van der Waals surface area contributed by atoms with E-state index in [1.165, 1.54) is 57.8 Å². The summed E-state index contributed by atoms with van der Waals surface area (Å²) in [4.78, 5) is 37.8.